The van der Waals surface area contributed by atoms with E-state index in [9.17, 15) is 4.79 Å². The molecular weight excluding hydrogens is 346 g/mol. The zero-order valence-corrected chi connectivity index (χ0v) is 14.5. The molecule has 4 rings (SSSR count). The minimum Gasteiger partial charge on any atom is -0.462 e. The molecule has 24 heavy (non-hydrogen) atoms. The fourth-order valence-corrected chi connectivity index (χ4v) is 3.66. The molecule has 0 saturated carbocycles. The van der Waals surface area contributed by atoms with Gasteiger partial charge < -0.3 is 9.32 Å². The van der Waals surface area contributed by atoms with E-state index < -0.39 is 0 Å². The minimum atomic E-state index is -0.0496. The fourth-order valence-electron chi connectivity index (χ4n) is 2.59. The molecule has 1 aromatic carbocycles. The van der Waals surface area contributed by atoms with Crippen molar-refractivity contribution in [1.29, 1.82) is 0 Å². The Bertz CT molecular complexity index is 1060. The molecule has 0 radical (unpaired) electrons. The molecule has 1 aliphatic heterocycles. The first-order valence-electron chi connectivity index (χ1n) is 7.43. The van der Waals surface area contributed by atoms with Crippen molar-refractivity contribution in [3.05, 3.63) is 72.6 Å². The number of benzene rings is 1. The van der Waals surface area contributed by atoms with Gasteiger partial charge in [0.2, 0.25) is 0 Å². The number of anilines is 1. The monoisotopic (exact) mass is 359 g/mol. The van der Waals surface area contributed by atoms with Crippen LogP contribution in [0.3, 0.4) is 0 Å². The van der Waals surface area contributed by atoms with Gasteiger partial charge in [-0.2, -0.15) is 0 Å². The third-order valence-corrected chi connectivity index (χ3v) is 5.10. The van der Waals surface area contributed by atoms with E-state index in [1.54, 1.807) is 10.6 Å². The summed E-state index contributed by atoms with van der Waals surface area (Å²) >= 11 is 7.32. The minimum absolute atomic E-state index is 0.0496. The summed E-state index contributed by atoms with van der Waals surface area (Å²) in [5.41, 5.74) is 0.936. The molecular formula is C17H14ClN3O2S. The van der Waals surface area contributed by atoms with Crippen LogP contribution in [0.25, 0.3) is 6.08 Å². The number of hydrogen-bond acceptors (Lipinski definition) is 5. The first-order chi connectivity index (χ1) is 11.6. The molecule has 0 spiro atoms. The van der Waals surface area contributed by atoms with Crippen LogP contribution in [-0.4, -0.2) is 11.2 Å². The van der Waals surface area contributed by atoms with E-state index in [0.717, 1.165) is 16.2 Å². The Kier molecular flexibility index (Phi) is 3.78. The molecule has 0 saturated heterocycles. The summed E-state index contributed by atoms with van der Waals surface area (Å²) in [5, 5.41) is 0.687. The van der Waals surface area contributed by atoms with Crippen LogP contribution in [0.5, 0.6) is 0 Å². The predicted octanol–water partition coefficient (Wildman–Crippen LogP) is 2.35. The van der Waals surface area contributed by atoms with Gasteiger partial charge in [-0.25, -0.2) is 4.99 Å². The van der Waals surface area contributed by atoms with E-state index in [0.29, 0.717) is 28.7 Å². The second kappa shape index (κ2) is 5.96. The molecule has 0 fully saturated rings. The lowest BCUT2D eigenvalue weighted by Crippen LogP contribution is -2.42. The van der Waals surface area contributed by atoms with Crippen LogP contribution in [0.1, 0.15) is 11.5 Å². The smallest absolute Gasteiger partial charge is 0.271 e. The van der Waals surface area contributed by atoms with Gasteiger partial charge in [0.05, 0.1) is 4.53 Å². The molecule has 2 aromatic heterocycles. The van der Waals surface area contributed by atoms with Crippen LogP contribution in [0, 0.1) is 6.92 Å². The van der Waals surface area contributed by atoms with Gasteiger partial charge in [-0.05, 0) is 43.3 Å². The van der Waals surface area contributed by atoms with Crippen LogP contribution >= 0.6 is 22.9 Å². The average Bonchev–Trinajstić information content (AvgIpc) is 3.12. The maximum absolute atomic E-state index is 12.6. The SMILES string of the molecule is Cc1ccc(/C=c2/sc3n(c2=O)CN(c2ccc(Cl)cc2)CN=3)o1. The molecule has 7 heteroatoms. The third-order valence-electron chi connectivity index (χ3n) is 3.80. The number of aromatic nitrogens is 1. The molecule has 3 heterocycles. The summed E-state index contributed by atoms with van der Waals surface area (Å²) in [6.07, 6.45) is 1.77. The topological polar surface area (TPSA) is 50.7 Å². The fraction of sp³-hybridized carbons (Fsp3) is 0.176. The van der Waals surface area contributed by atoms with Crippen molar-refractivity contribution in [2.75, 3.05) is 11.6 Å². The molecule has 5 nitrogen and oxygen atoms in total. The summed E-state index contributed by atoms with van der Waals surface area (Å²) in [7, 11) is 0. The number of fused-ring (bicyclic) bond motifs is 1. The zero-order valence-electron chi connectivity index (χ0n) is 12.9. The highest BCUT2D eigenvalue weighted by Crippen LogP contribution is 2.19. The molecule has 0 bridgehead atoms. The molecule has 0 unspecified atom stereocenters. The Balaban J connectivity index is 1.71. The highest BCUT2D eigenvalue weighted by Gasteiger charge is 2.16. The second-order valence-corrected chi connectivity index (χ2v) is 6.98. The summed E-state index contributed by atoms with van der Waals surface area (Å²) in [5.74, 6) is 1.50. The molecule has 0 N–H and O–H groups in total. The first kappa shape index (κ1) is 15.2. The summed E-state index contributed by atoms with van der Waals surface area (Å²) in [6.45, 7) is 2.87. The standard InChI is InChI=1S/C17H14ClN3O2S/c1-11-2-7-14(23-11)8-15-16(22)21-10-20(9-19-17(21)24-15)13-5-3-12(18)4-6-13/h2-8H,9-10H2,1H3/b15-8+. The van der Waals surface area contributed by atoms with Crippen LogP contribution in [0.4, 0.5) is 5.69 Å². The van der Waals surface area contributed by atoms with Gasteiger partial charge in [-0.15, -0.1) is 0 Å². The molecule has 0 atom stereocenters. The largest absolute Gasteiger partial charge is 0.462 e. The van der Waals surface area contributed by atoms with Gasteiger partial charge in [-0.3, -0.25) is 9.36 Å². The maximum atomic E-state index is 12.6. The third kappa shape index (κ3) is 2.79. The number of rotatable bonds is 2. The number of aryl methyl sites for hydroxylation is 1. The average molecular weight is 360 g/mol. The quantitative estimate of drug-likeness (QED) is 0.705. The van der Waals surface area contributed by atoms with E-state index in [2.05, 4.69) is 4.99 Å². The number of nitrogens with zero attached hydrogens (tertiary/aromatic N) is 3. The Morgan fingerprint density at radius 1 is 1.25 bits per heavy atom. The molecule has 1 aliphatic rings. The summed E-state index contributed by atoms with van der Waals surface area (Å²) in [4.78, 5) is 19.9. The van der Waals surface area contributed by atoms with E-state index in [1.807, 2.05) is 48.2 Å². The van der Waals surface area contributed by atoms with Gasteiger partial charge in [-0.1, -0.05) is 22.9 Å². The first-order valence-corrected chi connectivity index (χ1v) is 8.62. The van der Waals surface area contributed by atoms with Crippen molar-refractivity contribution < 1.29 is 4.42 Å². The van der Waals surface area contributed by atoms with Crippen molar-refractivity contribution in [2.24, 2.45) is 4.99 Å². The number of halogens is 1. The van der Waals surface area contributed by atoms with Crippen molar-refractivity contribution >= 4 is 34.7 Å². The van der Waals surface area contributed by atoms with E-state index in [-0.39, 0.29) is 5.56 Å². The normalized spacial score (nSPS) is 14.6. The molecule has 122 valence electrons. The van der Waals surface area contributed by atoms with Gasteiger partial charge in [0.25, 0.3) is 5.56 Å². The molecule has 0 amide bonds. The van der Waals surface area contributed by atoms with Gasteiger partial charge >= 0.3 is 0 Å². The van der Waals surface area contributed by atoms with Crippen molar-refractivity contribution in [3.8, 4) is 0 Å². The number of furan rings is 1. The van der Waals surface area contributed by atoms with Crippen LogP contribution in [-0.2, 0) is 6.67 Å². The lowest BCUT2D eigenvalue weighted by Gasteiger charge is -2.25. The van der Waals surface area contributed by atoms with Crippen LogP contribution in [0.2, 0.25) is 5.02 Å². The van der Waals surface area contributed by atoms with Crippen LogP contribution in [0.15, 0.2) is 50.6 Å². The van der Waals surface area contributed by atoms with Gasteiger partial charge in [0, 0.05) is 16.8 Å². The molecule has 0 aliphatic carbocycles. The van der Waals surface area contributed by atoms with Crippen LogP contribution < -0.4 is 19.8 Å². The predicted molar refractivity (Wildman–Crippen MR) is 95.2 cm³/mol. The molecule has 3 aromatic rings. The highest BCUT2D eigenvalue weighted by atomic mass is 35.5. The maximum Gasteiger partial charge on any atom is 0.271 e. The Morgan fingerprint density at radius 3 is 2.75 bits per heavy atom. The summed E-state index contributed by atoms with van der Waals surface area (Å²) in [6, 6.07) is 11.3. The van der Waals surface area contributed by atoms with Gasteiger partial charge in [0.15, 0.2) is 4.80 Å². The lowest BCUT2D eigenvalue weighted by atomic mass is 10.3. The van der Waals surface area contributed by atoms with E-state index in [4.69, 9.17) is 16.0 Å². The van der Waals surface area contributed by atoms with E-state index >= 15 is 0 Å². The zero-order chi connectivity index (χ0) is 16.7. The Hall–Kier alpha value is -2.31. The Labute approximate surface area is 146 Å². The number of thiazole rings is 1. The summed E-state index contributed by atoms with van der Waals surface area (Å²) < 4.78 is 7.84. The van der Waals surface area contributed by atoms with E-state index in [1.165, 1.54) is 11.3 Å². The van der Waals surface area contributed by atoms with Crippen molar-refractivity contribution in [3.63, 3.8) is 0 Å². The van der Waals surface area contributed by atoms with Crippen molar-refractivity contribution in [1.82, 2.24) is 4.57 Å². The number of hydrogen-bond donors (Lipinski definition) is 0. The van der Waals surface area contributed by atoms with Gasteiger partial charge in [0.1, 0.15) is 24.9 Å². The second-order valence-electron chi connectivity index (χ2n) is 5.53. The van der Waals surface area contributed by atoms with Crippen molar-refractivity contribution in [2.45, 2.75) is 13.6 Å². The Morgan fingerprint density at radius 2 is 2.04 bits per heavy atom. The lowest BCUT2D eigenvalue weighted by molar-refractivity contribution is 0.524. The highest BCUT2D eigenvalue weighted by molar-refractivity contribution is 7.07.